The van der Waals surface area contributed by atoms with Gasteiger partial charge in [0, 0.05) is 18.4 Å². The molecule has 0 aromatic carbocycles. The van der Waals surface area contributed by atoms with Crippen molar-refractivity contribution in [2.45, 2.75) is 13.5 Å². The summed E-state index contributed by atoms with van der Waals surface area (Å²) >= 11 is 0. The Morgan fingerprint density at radius 1 is 1.26 bits per heavy atom. The number of nitrogens with one attached hydrogen (secondary N) is 2. The number of hydrazine groups is 1. The van der Waals surface area contributed by atoms with E-state index >= 15 is 0 Å². The molecule has 0 atom stereocenters. The first-order valence-corrected chi connectivity index (χ1v) is 5.69. The van der Waals surface area contributed by atoms with Gasteiger partial charge in [-0.3, -0.25) is 9.78 Å². The molecule has 98 valence electrons. The number of pyridine rings is 1. The largest absolute Gasteiger partial charge is 0.347 e. The summed E-state index contributed by atoms with van der Waals surface area (Å²) in [5.41, 5.74) is 4.44. The zero-order valence-electron chi connectivity index (χ0n) is 10.4. The van der Waals surface area contributed by atoms with Crippen molar-refractivity contribution in [3.63, 3.8) is 0 Å². The molecule has 0 aliphatic carbocycles. The van der Waals surface area contributed by atoms with Crippen LogP contribution < -0.4 is 16.6 Å². The van der Waals surface area contributed by atoms with Crippen LogP contribution in [0.15, 0.2) is 30.5 Å². The maximum Gasteiger partial charge on any atom is 0.272 e. The van der Waals surface area contributed by atoms with Crippen molar-refractivity contribution in [3.05, 3.63) is 47.4 Å². The zero-order valence-corrected chi connectivity index (χ0v) is 10.4. The van der Waals surface area contributed by atoms with E-state index in [1.165, 1.54) is 0 Å². The fourth-order valence-corrected chi connectivity index (χ4v) is 1.41. The third kappa shape index (κ3) is 3.46. The topological polar surface area (TPSA) is 106 Å². The SMILES string of the molecule is Cc1ccc(CNC(=O)c2ccc(NN)nn2)cn1. The van der Waals surface area contributed by atoms with Crippen molar-refractivity contribution in [3.8, 4) is 0 Å². The molecule has 19 heavy (non-hydrogen) atoms. The van der Waals surface area contributed by atoms with E-state index in [9.17, 15) is 4.79 Å². The summed E-state index contributed by atoms with van der Waals surface area (Å²) in [6, 6.07) is 6.93. The number of carbonyl (C=O) groups is 1. The predicted molar refractivity (Wildman–Crippen MR) is 70.0 cm³/mol. The van der Waals surface area contributed by atoms with Gasteiger partial charge in [-0.05, 0) is 30.7 Å². The number of amides is 1. The molecule has 2 aromatic heterocycles. The molecule has 2 heterocycles. The van der Waals surface area contributed by atoms with E-state index in [2.05, 4.69) is 25.9 Å². The van der Waals surface area contributed by atoms with Gasteiger partial charge in [0.1, 0.15) is 0 Å². The molecule has 2 aromatic rings. The van der Waals surface area contributed by atoms with Crippen LogP contribution in [0.1, 0.15) is 21.7 Å². The molecule has 7 heteroatoms. The second-order valence-electron chi connectivity index (χ2n) is 3.94. The van der Waals surface area contributed by atoms with E-state index in [0.29, 0.717) is 12.4 Å². The van der Waals surface area contributed by atoms with E-state index < -0.39 is 0 Å². The summed E-state index contributed by atoms with van der Waals surface area (Å²) in [6.07, 6.45) is 1.72. The zero-order chi connectivity index (χ0) is 13.7. The number of nitrogen functional groups attached to an aromatic ring is 1. The Morgan fingerprint density at radius 3 is 2.68 bits per heavy atom. The van der Waals surface area contributed by atoms with Crippen LogP contribution in [0.2, 0.25) is 0 Å². The molecule has 4 N–H and O–H groups in total. The second-order valence-corrected chi connectivity index (χ2v) is 3.94. The van der Waals surface area contributed by atoms with Gasteiger partial charge in [-0.25, -0.2) is 5.84 Å². The molecule has 0 radical (unpaired) electrons. The van der Waals surface area contributed by atoms with E-state index in [0.717, 1.165) is 11.3 Å². The highest BCUT2D eigenvalue weighted by molar-refractivity contribution is 5.92. The lowest BCUT2D eigenvalue weighted by molar-refractivity contribution is 0.0945. The van der Waals surface area contributed by atoms with Crippen LogP contribution >= 0.6 is 0 Å². The van der Waals surface area contributed by atoms with E-state index in [1.807, 2.05) is 19.1 Å². The van der Waals surface area contributed by atoms with Gasteiger partial charge in [0.05, 0.1) is 0 Å². The molecule has 2 rings (SSSR count). The molecule has 7 nitrogen and oxygen atoms in total. The van der Waals surface area contributed by atoms with Gasteiger partial charge in [0.15, 0.2) is 11.5 Å². The third-order valence-corrected chi connectivity index (χ3v) is 2.47. The first kappa shape index (κ1) is 12.9. The Hall–Kier alpha value is -2.54. The maximum absolute atomic E-state index is 11.8. The minimum absolute atomic E-state index is 0.235. The number of anilines is 1. The van der Waals surface area contributed by atoms with Crippen LogP contribution in [-0.2, 0) is 6.54 Å². The number of aryl methyl sites for hydroxylation is 1. The molecular weight excluding hydrogens is 244 g/mol. The lowest BCUT2D eigenvalue weighted by atomic mass is 10.2. The van der Waals surface area contributed by atoms with Crippen molar-refractivity contribution in [2.75, 3.05) is 5.43 Å². The number of hydrogen-bond acceptors (Lipinski definition) is 6. The highest BCUT2D eigenvalue weighted by atomic mass is 16.1. The molecule has 0 unspecified atom stereocenters. The molecule has 0 spiro atoms. The van der Waals surface area contributed by atoms with Gasteiger partial charge < -0.3 is 10.7 Å². The summed E-state index contributed by atoms with van der Waals surface area (Å²) < 4.78 is 0. The summed E-state index contributed by atoms with van der Waals surface area (Å²) in [4.78, 5) is 15.9. The van der Waals surface area contributed by atoms with E-state index in [-0.39, 0.29) is 11.6 Å². The Bertz CT molecular complexity index is 551. The lowest BCUT2D eigenvalue weighted by Crippen LogP contribution is -2.24. The average molecular weight is 258 g/mol. The van der Waals surface area contributed by atoms with Crippen molar-refractivity contribution < 1.29 is 4.79 Å². The maximum atomic E-state index is 11.8. The van der Waals surface area contributed by atoms with Crippen LogP contribution in [0.25, 0.3) is 0 Å². The van der Waals surface area contributed by atoms with Crippen LogP contribution in [0.3, 0.4) is 0 Å². The lowest BCUT2D eigenvalue weighted by Gasteiger charge is -2.05. The minimum atomic E-state index is -0.295. The minimum Gasteiger partial charge on any atom is -0.347 e. The number of carbonyl (C=O) groups excluding carboxylic acids is 1. The summed E-state index contributed by atoms with van der Waals surface area (Å²) in [5, 5.41) is 10.2. The van der Waals surface area contributed by atoms with Crippen LogP contribution in [0, 0.1) is 6.92 Å². The second kappa shape index (κ2) is 5.87. The molecule has 0 saturated heterocycles. The van der Waals surface area contributed by atoms with Crippen LogP contribution in [0.4, 0.5) is 5.82 Å². The number of aromatic nitrogens is 3. The molecule has 0 aliphatic heterocycles. The molecular formula is C12H14N6O. The summed E-state index contributed by atoms with van der Waals surface area (Å²) in [6.45, 7) is 2.30. The Balaban J connectivity index is 1.95. The van der Waals surface area contributed by atoms with Gasteiger partial charge in [-0.2, -0.15) is 0 Å². The van der Waals surface area contributed by atoms with Gasteiger partial charge in [0.2, 0.25) is 0 Å². The number of rotatable bonds is 4. The fourth-order valence-electron chi connectivity index (χ4n) is 1.41. The molecule has 1 amide bonds. The van der Waals surface area contributed by atoms with Gasteiger partial charge in [-0.1, -0.05) is 6.07 Å². The highest BCUT2D eigenvalue weighted by Crippen LogP contribution is 2.02. The number of nitrogens with two attached hydrogens (primary N) is 1. The Morgan fingerprint density at radius 2 is 2.11 bits per heavy atom. The molecule has 0 fully saturated rings. The van der Waals surface area contributed by atoms with E-state index in [1.54, 1.807) is 18.3 Å². The van der Waals surface area contributed by atoms with Crippen LogP contribution in [0.5, 0.6) is 0 Å². The standard InChI is InChI=1S/C12H14N6O/c1-8-2-3-9(6-14-8)7-15-12(19)10-4-5-11(16-13)18-17-10/h2-6H,7,13H2,1H3,(H,15,19)(H,16,18). The Labute approximate surface area is 110 Å². The monoisotopic (exact) mass is 258 g/mol. The predicted octanol–water partition coefficient (Wildman–Crippen LogP) is 0.396. The summed E-state index contributed by atoms with van der Waals surface area (Å²) in [7, 11) is 0. The average Bonchev–Trinajstić information content (AvgIpc) is 2.46. The molecule has 0 saturated carbocycles. The quantitative estimate of drug-likeness (QED) is 0.541. The number of hydrogen-bond donors (Lipinski definition) is 3. The highest BCUT2D eigenvalue weighted by Gasteiger charge is 2.07. The van der Waals surface area contributed by atoms with Crippen molar-refractivity contribution in [2.24, 2.45) is 5.84 Å². The summed E-state index contributed by atoms with van der Waals surface area (Å²) in [5.74, 6) is 5.27. The van der Waals surface area contributed by atoms with Gasteiger partial charge in [0.25, 0.3) is 5.91 Å². The smallest absolute Gasteiger partial charge is 0.272 e. The third-order valence-electron chi connectivity index (χ3n) is 2.47. The molecule has 0 bridgehead atoms. The first-order chi connectivity index (χ1) is 9.19. The van der Waals surface area contributed by atoms with Crippen molar-refractivity contribution in [1.82, 2.24) is 20.5 Å². The molecule has 0 aliphatic rings. The first-order valence-electron chi connectivity index (χ1n) is 5.69. The normalized spacial score (nSPS) is 10.0. The van der Waals surface area contributed by atoms with Gasteiger partial charge in [-0.15, -0.1) is 10.2 Å². The van der Waals surface area contributed by atoms with E-state index in [4.69, 9.17) is 5.84 Å². The fraction of sp³-hybridized carbons (Fsp3) is 0.167. The van der Waals surface area contributed by atoms with Gasteiger partial charge >= 0.3 is 0 Å². The van der Waals surface area contributed by atoms with Crippen molar-refractivity contribution in [1.29, 1.82) is 0 Å². The Kier molecular flexibility index (Phi) is 3.99. The van der Waals surface area contributed by atoms with Crippen molar-refractivity contribution >= 4 is 11.7 Å². The number of nitrogens with zero attached hydrogens (tertiary/aromatic N) is 3. The van der Waals surface area contributed by atoms with Crippen LogP contribution in [-0.4, -0.2) is 21.1 Å².